The van der Waals surface area contributed by atoms with Crippen molar-refractivity contribution in [2.45, 2.75) is 44.9 Å². The molecule has 0 atom stereocenters. The summed E-state index contributed by atoms with van der Waals surface area (Å²) in [4.78, 5) is 30.9. The molecule has 0 unspecified atom stereocenters. The number of nitrogens with zero attached hydrogens (tertiary/aromatic N) is 5. The summed E-state index contributed by atoms with van der Waals surface area (Å²) in [6.07, 6.45) is 3.12. The van der Waals surface area contributed by atoms with Gasteiger partial charge < -0.3 is 19.3 Å². The number of H-pyrrole nitrogens is 1. The van der Waals surface area contributed by atoms with Crippen LogP contribution >= 0.6 is 0 Å². The average Bonchev–Trinajstić information content (AvgIpc) is 3.51. The number of fused-ring (bicyclic) bond motifs is 2. The van der Waals surface area contributed by atoms with Crippen molar-refractivity contribution in [2.24, 2.45) is 0 Å². The summed E-state index contributed by atoms with van der Waals surface area (Å²) in [5, 5.41) is 5.04. The molecule has 4 aromatic rings. The van der Waals surface area contributed by atoms with Crippen molar-refractivity contribution in [2.75, 3.05) is 31.1 Å². The van der Waals surface area contributed by atoms with Crippen LogP contribution in [0.25, 0.3) is 22.1 Å². The van der Waals surface area contributed by atoms with Gasteiger partial charge in [0.2, 0.25) is 5.95 Å². The van der Waals surface area contributed by atoms with Gasteiger partial charge >= 0.3 is 0 Å². The Morgan fingerprint density at radius 1 is 1.12 bits per heavy atom. The fourth-order valence-corrected chi connectivity index (χ4v) is 4.74. The second-order valence-electron chi connectivity index (χ2n) is 9.48. The molecule has 170 valence electrons. The third-order valence-corrected chi connectivity index (χ3v) is 6.73. The van der Waals surface area contributed by atoms with E-state index in [1.807, 2.05) is 35.2 Å². The van der Waals surface area contributed by atoms with Crippen molar-refractivity contribution in [1.82, 2.24) is 25.0 Å². The Bertz CT molecular complexity index is 1300. The maximum Gasteiger partial charge on any atom is 0.259 e. The molecule has 2 aliphatic rings. The first-order chi connectivity index (χ1) is 16.1. The Morgan fingerprint density at radius 2 is 1.97 bits per heavy atom. The van der Waals surface area contributed by atoms with Crippen LogP contribution in [0.2, 0.25) is 0 Å². The summed E-state index contributed by atoms with van der Waals surface area (Å²) >= 11 is 0. The van der Waals surface area contributed by atoms with E-state index in [0.717, 1.165) is 66.1 Å². The lowest BCUT2D eigenvalue weighted by atomic mass is 10.0. The Balaban J connectivity index is 1.29. The number of para-hydroxylation sites is 2. The number of rotatable bonds is 4. The van der Waals surface area contributed by atoms with Gasteiger partial charge in [0.1, 0.15) is 0 Å². The van der Waals surface area contributed by atoms with Crippen LogP contribution < -0.4 is 4.90 Å². The highest BCUT2D eigenvalue weighted by molar-refractivity contribution is 6.06. The summed E-state index contributed by atoms with van der Waals surface area (Å²) in [6.45, 7) is 7.07. The van der Waals surface area contributed by atoms with E-state index in [4.69, 9.17) is 14.5 Å². The predicted octanol–water partition coefficient (Wildman–Crippen LogP) is 4.45. The van der Waals surface area contributed by atoms with Crippen LogP contribution in [0.1, 0.15) is 66.7 Å². The number of carbonyl (C=O) groups is 1. The Labute approximate surface area is 192 Å². The number of aromatic amines is 1. The maximum absolute atomic E-state index is 13.8. The smallest absolute Gasteiger partial charge is 0.259 e. The Morgan fingerprint density at radius 3 is 2.76 bits per heavy atom. The summed E-state index contributed by atoms with van der Waals surface area (Å²) in [7, 11) is 0. The van der Waals surface area contributed by atoms with E-state index in [2.05, 4.69) is 28.9 Å². The molecule has 6 rings (SSSR count). The molecule has 1 amide bonds. The minimum atomic E-state index is 0.0425. The first kappa shape index (κ1) is 20.2. The average molecular weight is 445 g/mol. The summed E-state index contributed by atoms with van der Waals surface area (Å²) in [5.41, 5.74) is 4.93. The SMILES string of the molecule is CC(C)c1noc2nc(C3CC3)cc(C(=O)N3CCCN(c4nc5ccccc5[nH]4)CC3)c12. The van der Waals surface area contributed by atoms with E-state index < -0.39 is 0 Å². The molecule has 33 heavy (non-hydrogen) atoms. The van der Waals surface area contributed by atoms with Gasteiger partial charge in [0.25, 0.3) is 11.6 Å². The summed E-state index contributed by atoms with van der Waals surface area (Å²) < 4.78 is 5.58. The molecule has 2 fully saturated rings. The highest BCUT2D eigenvalue weighted by Crippen LogP contribution is 2.41. The van der Waals surface area contributed by atoms with Gasteiger partial charge in [-0.15, -0.1) is 0 Å². The van der Waals surface area contributed by atoms with E-state index >= 15 is 0 Å². The standard InChI is InChI=1S/C25H28N6O2/c1-15(2)22-21-17(14-20(16-8-9-16)26-23(21)33-29-22)24(32)30-10-5-11-31(13-12-30)25-27-18-6-3-4-7-19(18)28-25/h3-4,6-7,14-16H,5,8-13H2,1-2H3,(H,27,28). The molecule has 8 nitrogen and oxygen atoms in total. The Kier molecular flexibility index (Phi) is 4.81. The van der Waals surface area contributed by atoms with Crippen molar-refractivity contribution in [1.29, 1.82) is 0 Å². The van der Waals surface area contributed by atoms with Gasteiger partial charge in [-0.1, -0.05) is 31.1 Å². The van der Waals surface area contributed by atoms with E-state index in [0.29, 0.717) is 30.3 Å². The monoisotopic (exact) mass is 444 g/mol. The zero-order valence-corrected chi connectivity index (χ0v) is 19.0. The normalized spacial score (nSPS) is 17.3. The molecule has 1 N–H and O–H groups in total. The molecule has 3 aromatic heterocycles. The van der Waals surface area contributed by atoms with Crippen LogP contribution in [0.3, 0.4) is 0 Å². The lowest BCUT2D eigenvalue weighted by Gasteiger charge is -2.22. The van der Waals surface area contributed by atoms with Gasteiger partial charge in [-0.05, 0) is 43.4 Å². The molecule has 0 radical (unpaired) electrons. The van der Waals surface area contributed by atoms with Crippen LogP contribution in [-0.4, -0.2) is 57.1 Å². The first-order valence-electron chi connectivity index (χ1n) is 11.9. The van der Waals surface area contributed by atoms with Crippen LogP contribution in [0, 0.1) is 0 Å². The number of hydrogen-bond acceptors (Lipinski definition) is 6. The van der Waals surface area contributed by atoms with Gasteiger partial charge in [-0.3, -0.25) is 4.79 Å². The highest BCUT2D eigenvalue weighted by atomic mass is 16.5. The van der Waals surface area contributed by atoms with Crippen LogP contribution in [-0.2, 0) is 0 Å². The molecule has 1 aliphatic carbocycles. The molecule has 4 heterocycles. The number of amides is 1. The number of carbonyl (C=O) groups excluding carboxylic acids is 1. The van der Waals surface area contributed by atoms with Gasteiger partial charge in [0.15, 0.2) is 0 Å². The molecule has 8 heteroatoms. The molecule has 1 saturated heterocycles. The number of benzene rings is 1. The number of anilines is 1. The molecule has 1 aliphatic heterocycles. The first-order valence-corrected chi connectivity index (χ1v) is 11.9. The van der Waals surface area contributed by atoms with Crippen molar-refractivity contribution in [3.8, 4) is 0 Å². The zero-order chi connectivity index (χ0) is 22.5. The molecular formula is C25H28N6O2. The van der Waals surface area contributed by atoms with Crippen LogP contribution in [0.5, 0.6) is 0 Å². The molecular weight excluding hydrogens is 416 g/mol. The van der Waals surface area contributed by atoms with E-state index in [1.165, 1.54) is 0 Å². The van der Waals surface area contributed by atoms with Gasteiger partial charge in [-0.2, -0.15) is 0 Å². The van der Waals surface area contributed by atoms with Crippen molar-refractivity contribution < 1.29 is 9.32 Å². The highest BCUT2D eigenvalue weighted by Gasteiger charge is 2.31. The van der Waals surface area contributed by atoms with E-state index in [9.17, 15) is 4.79 Å². The van der Waals surface area contributed by atoms with Crippen molar-refractivity contribution in [3.05, 3.63) is 47.3 Å². The fraction of sp³-hybridized carbons (Fsp3) is 0.440. The summed E-state index contributed by atoms with van der Waals surface area (Å²) in [6, 6.07) is 10.1. The lowest BCUT2D eigenvalue weighted by molar-refractivity contribution is 0.0768. The van der Waals surface area contributed by atoms with Gasteiger partial charge in [0.05, 0.1) is 27.7 Å². The topological polar surface area (TPSA) is 91.2 Å². The quantitative estimate of drug-likeness (QED) is 0.500. The lowest BCUT2D eigenvalue weighted by Crippen LogP contribution is -2.35. The molecule has 1 aromatic carbocycles. The summed E-state index contributed by atoms with van der Waals surface area (Å²) in [5.74, 6) is 1.50. The molecule has 0 spiro atoms. The molecule has 1 saturated carbocycles. The number of pyridine rings is 1. The maximum atomic E-state index is 13.8. The number of hydrogen-bond donors (Lipinski definition) is 1. The van der Waals surface area contributed by atoms with Crippen LogP contribution in [0.15, 0.2) is 34.9 Å². The fourth-order valence-electron chi connectivity index (χ4n) is 4.74. The second kappa shape index (κ2) is 7.86. The predicted molar refractivity (Wildman–Crippen MR) is 127 cm³/mol. The molecule has 0 bridgehead atoms. The van der Waals surface area contributed by atoms with E-state index in [-0.39, 0.29) is 11.8 Å². The van der Waals surface area contributed by atoms with E-state index in [1.54, 1.807) is 0 Å². The second-order valence-corrected chi connectivity index (χ2v) is 9.48. The minimum Gasteiger partial charge on any atom is -0.341 e. The zero-order valence-electron chi connectivity index (χ0n) is 19.0. The number of aromatic nitrogens is 4. The van der Waals surface area contributed by atoms with Gasteiger partial charge in [0, 0.05) is 37.8 Å². The number of nitrogens with one attached hydrogen (secondary N) is 1. The third-order valence-electron chi connectivity index (χ3n) is 6.73. The van der Waals surface area contributed by atoms with Gasteiger partial charge in [-0.25, -0.2) is 9.97 Å². The van der Waals surface area contributed by atoms with Crippen molar-refractivity contribution in [3.63, 3.8) is 0 Å². The van der Waals surface area contributed by atoms with Crippen molar-refractivity contribution >= 4 is 34.0 Å². The van der Waals surface area contributed by atoms with Crippen LogP contribution in [0.4, 0.5) is 5.95 Å². The Hall–Kier alpha value is -3.42. The number of imidazole rings is 1. The minimum absolute atomic E-state index is 0.0425. The third kappa shape index (κ3) is 3.63. The largest absolute Gasteiger partial charge is 0.341 e.